The Bertz CT molecular complexity index is 1010. The first kappa shape index (κ1) is 19.8. The molecule has 0 amide bonds. The van der Waals surface area contributed by atoms with Gasteiger partial charge in [-0.05, 0) is 77.6 Å². The van der Waals surface area contributed by atoms with Crippen LogP contribution in [-0.4, -0.2) is 0 Å². The van der Waals surface area contributed by atoms with E-state index in [4.69, 9.17) is 0 Å². The molecule has 0 heterocycles. The lowest BCUT2D eigenvalue weighted by atomic mass is 10.0. The molecule has 0 aromatic heterocycles. The largest absolute Gasteiger partial charge is 0.355 e. The third kappa shape index (κ3) is 4.90. The van der Waals surface area contributed by atoms with Gasteiger partial charge in [0.2, 0.25) is 0 Å². The van der Waals surface area contributed by atoms with Gasteiger partial charge in [0.05, 0.1) is 0 Å². The lowest BCUT2D eigenvalue weighted by Gasteiger charge is -2.14. The van der Waals surface area contributed by atoms with E-state index in [-0.39, 0.29) is 0 Å². The van der Waals surface area contributed by atoms with Crippen LogP contribution in [0.2, 0.25) is 0 Å². The molecule has 0 saturated carbocycles. The highest BCUT2D eigenvalue weighted by atomic mass is 14.9. The Kier molecular flexibility index (Phi) is 6.14. The average molecular weight is 393 g/mol. The topological polar surface area (TPSA) is 24.1 Å². The van der Waals surface area contributed by atoms with Crippen molar-refractivity contribution in [1.29, 1.82) is 0 Å². The van der Waals surface area contributed by atoms with Gasteiger partial charge < -0.3 is 10.6 Å². The zero-order valence-corrected chi connectivity index (χ0v) is 17.7. The number of benzene rings is 4. The Labute approximate surface area is 179 Å². The summed E-state index contributed by atoms with van der Waals surface area (Å²) in [5, 5.41) is 7.14. The van der Waals surface area contributed by atoms with Crippen molar-refractivity contribution in [3.8, 4) is 11.1 Å². The maximum Gasteiger partial charge on any atom is 0.0411 e. The van der Waals surface area contributed by atoms with Crippen LogP contribution in [-0.2, 0) is 12.8 Å². The second kappa shape index (κ2) is 9.32. The van der Waals surface area contributed by atoms with Gasteiger partial charge in [0.15, 0.2) is 0 Å². The van der Waals surface area contributed by atoms with Crippen molar-refractivity contribution in [1.82, 2.24) is 0 Å². The zero-order valence-electron chi connectivity index (χ0n) is 17.7. The fraction of sp³-hybridized carbons (Fsp3) is 0.143. The van der Waals surface area contributed by atoms with Gasteiger partial charge in [-0.25, -0.2) is 0 Å². The van der Waals surface area contributed by atoms with E-state index in [0.29, 0.717) is 0 Å². The lowest BCUT2D eigenvalue weighted by Crippen LogP contribution is -1.96. The molecule has 150 valence electrons. The van der Waals surface area contributed by atoms with E-state index >= 15 is 0 Å². The Hall–Kier alpha value is -3.52. The number of hydrogen-bond donors (Lipinski definition) is 2. The lowest BCUT2D eigenvalue weighted by molar-refractivity contribution is 1.14. The molecular weight excluding hydrogens is 364 g/mol. The number of nitrogens with one attached hydrogen (secondary N) is 2. The zero-order chi connectivity index (χ0) is 20.8. The number of aryl methyl sites for hydroxylation is 2. The molecule has 2 nitrogen and oxygen atoms in total. The van der Waals surface area contributed by atoms with Crippen LogP contribution in [0.15, 0.2) is 97.1 Å². The van der Waals surface area contributed by atoms with Crippen molar-refractivity contribution in [3.05, 3.63) is 108 Å². The second-order valence-corrected chi connectivity index (χ2v) is 7.52. The predicted molar refractivity (Wildman–Crippen MR) is 130 cm³/mol. The summed E-state index contributed by atoms with van der Waals surface area (Å²) in [6.45, 7) is 4.35. The number of rotatable bonds is 7. The van der Waals surface area contributed by atoms with Crippen molar-refractivity contribution >= 4 is 22.7 Å². The molecule has 4 rings (SSSR count). The van der Waals surface area contributed by atoms with E-state index in [2.05, 4.69) is 122 Å². The van der Waals surface area contributed by atoms with Crippen molar-refractivity contribution < 1.29 is 0 Å². The molecule has 0 bridgehead atoms. The number of anilines is 4. The van der Waals surface area contributed by atoms with Gasteiger partial charge in [-0.2, -0.15) is 0 Å². The van der Waals surface area contributed by atoms with E-state index in [1.165, 1.54) is 22.3 Å². The fourth-order valence-corrected chi connectivity index (χ4v) is 3.55. The van der Waals surface area contributed by atoms with E-state index in [1.807, 2.05) is 0 Å². The van der Waals surface area contributed by atoms with Crippen molar-refractivity contribution in [2.24, 2.45) is 0 Å². The van der Waals surface area contributed by atoms with Crippen LogP contribution < -0.4 is 10.6 Å². The Morgan fingerprint density at radius 3 is 1.37 bits per heavy atom. The molecule has 0 saturated heterocycles. The van der Waals surface area contributed by atoms with Crippen LogP contribution in [0, 0.1) is 0 Å². The van der Waals surface area contributed by atoms with Crippen molar-refractivity contribution in [3.63, 3.8) is 0 Å². The first-order chi connectivity index (χ1) is 14.7. The van der Waals surface area contributed by atoms with E-state index in [1.54, 1.807) is 0 Å². The normalized spacial score (nSPS) is 10.6. The molecule has 4 aromatic rings. The summed E-state index contributed by atoms with van der Waals surface area (Å²) in [5.41, 5.74) is 9.38. The highest BCUT2D eigenvalue weighted by Crippen LogP contribution is 2.31. The minimum absolute atomic E-state index is 1.05. The monoisotopic (exact) mass is 392 g/mol. The summed E-state index contributed by atoms with van der Waals surface area (Å²) in [6, 6.07) is 34.4. The molecule has 0 radical (unpaired) electrons. The molecular formula is C28H28N2. The summed E-state index contributed by atoms with van der Waals surface area (Å²) in [6.07, 6.45) is 2.10. The molecule has 2 heteroatoms. The smallest absolute Gasteiger partial charge is 0.0411 e. The van der Waals surface area contributed by atoms with E-state index < -0.39 is 0 Å². The third-order valence-electron chi connectivity index (χ3n) is 5.34. The molecule has 0 spiro atoms. The van der Waals surface area contributed by atoms with Gasteiger partial charge in [0, 0.05) is 22.7 Å². The van der Waals surface area contributed by atoms with Gasteiger partial charge in [-0.3, -0.25) is 0 Å². The van der Waals surface area contributed by atoms with Gasteiger partial charge in [0.25, 0.3) is 0 Å². The van der Waals surface area contributed by atoms with Crippen LogP contribution in [0.25, 0.3) is 11.1 Å². The van der Waals surface area contributed by atoms with Crippen LogP contribution in [0.1, 0.15) is 25.0 Å². The molecule has 0 unspecified atom stereocenters. The van der Waals surface area contributed by atoms with Crippen LogP contribution in [0.5, 0.6) is 0 Å². The number of hydrogen-bond acceptors (Lipinski definition) is 2. The Morgan fingerprint density at radius 2 is 0.933 bits per heavy atom. The van der Waals surface area contributed by atoms with Gasteiger partial charge in [-0.1, -0.05) is 68.4 Å². The predicted octanol–water partition coefficient (Wildman–Crippen LogP) is 7.97. The quantitative estimate of drug-likeness (QED) is 0.333. The van der Waals surface area contributed by atoms with Crippen LogP contribution >= 0.6 is 0 Å². The molecule has 2 N–H and O–H groups in total. The first-order valence-corrected chi connectivity index (χ1v) is 10.7. The van der Waals surface area contributed by atoms with E-state index in [9.17, 15) is 0 Å². The standard InChI is InChI=1S/C28H28N2/c1-3-21-10-14-25(15-11-21)29-27-18-24(23-8-6-5-7-9-23)19-28(20-27)30-26-16-12-22(4-2)13-17-26/h5-20,29-30H,3-4H2,1-2H3. The minimum atomic E-state index is 1.05. The summed E-state index contributed by atoms with van der Waals surface area (Å²) in [5.74, 6) is 0. The summed E-state index contributed by atoms with van der Waals surface area (Å²) in [7, 11) is 0. The first-order valence-electron chi connectivity index (χ1n) is 10.7. The SMILES string of the molecule is CCc1ccc(Nc2cc(Nc3ccc(CC)cc3)cc(-c3ccccc3)c2)cc1. The maximum absolute atomic E-state index is 3.57. The fourth-order valence-electron chi connectivity index (χ4n) is 3.55. The Balaban J connectivity index is 1.66. The highest BCUT2D eigenvalue weighted by molar-refractivity contribution is 5.78. The molecule has 0 aliphatic carbocycles. The highest BCUT2D eigenvalue weighted by Gasteiger charge is 2.05. The summed E-state index contributed by atoms with van der Waals surface area (Å²) >= 11 is 0. The molecule has 0 fully saturated rings. The second-order valence-electron chi connectivity index (χ2n) is 7.52. The molecule has 30 heavy (non-hydrogen) atoms. The molecule has 0 aliphatic heterocycles. The third-order valence-corrected chi connectivity index (χ3v) is 5.34. The van der Waals surface area contributed by atoms with Crippen LogP contribution in [0.4, 0.5) is 22.7 Å². The van der Waals surface area contributed by atoms with Gasteiger partial charge in [-0.15, -0.1) is 0 Å². The average Bonchev–Trinajstić information content (AvgIpc) is 2.80. The molecule has 0 aliphatic rings. The summed E-state index contributed by atoms with van der Waals surface area (Å²) in [4.78, 5) is 0. The summed E-state index contributed by atoms with van der Waals surface area (Å²) < 4.78 is 0. The van der Waals surface area contributed by atoms with Crippen LogP contribution in [0.3, 0.4) is 0 Å². The van der Waals surface area contributed by atoms with Gasteiger partial charge in [0.1, 0.15) is 0 Å². The van der Waals surface area contributed by atoms with Crippen molar-refractivity contribution in [2.45, 2.75) is 26.7 Å². The minimum Gasteiger partial charge on any atom is -0.355 e. The maximum atomic E-state index is 3.57. The van der Waals surface area contributed by atoms with E-state index in [0.717, 1.165) is 35.6 Å². The molecule has 4 aromatic carbocycles. The van der Waals surface area contributed by atoms with Gasteiger partial charge >= 0.3 is 0 Å². The Morgan fingerprint density at radius 1 is 0.467 bits per heavy atom. The van der Waals surface area contributed by atoms with Crippen molar-refractivity contribution in [2.75, 3.05) is 10.6 Å². The molecule has 0 atom stereocenters.